The van der Waals surface area contributed by atoms with Crippen LogP contribution in [0.25, 0.3) is 0 Å². The van der Waals surface area contributed by atoms with E-state index in [0.29, 0.717) is 54.4 Å². The molecule has 2 aliphatic heterocycles. The number of likely N-dealkylation sites (N-methyl/N-ethyl adjacent to an activating group) is 1. The van der Waals surface area contributed by atoms with E-state index in [1.54, 1.807) is 36.9 Å². The van der Waals surface area contributed by atoms with Crippen LogP contribution < -0.4 is 4.90 Å². The van der Waals surface area contributed by atoms with Crippen molar-refractivity contribution in [2.45, 2.75) is 19.9 Å². The predicted octanol–water partition coefficient (Wildman–Crippen LogP) is 2.46. The van der Waals surface area contributed by atoms with Gasteiger partial charge in [-0.25, -0.2) is 4.39 Å². The topological polar surface area (TPSA) is 70.2 Å². The molecule has 1 aromatic heterocycles. The SMILES string of the molecule is COCCN1C(=O)CN(C)C(=O)c2c1sc1c2CCN(C(=O)c2cc(F)ccc2C)C1. The fourth-order valence-corrected chi connectivity index (χ4v) is 5.44. The lowest BCUT2D eigenvalue weighted by molar-refractivity contribution is -0.119. The highest BCUT2D eigenvalue weighted by Gasteiger charge is 2.37. The molecular weight excluding hydrogens is 421 g/mol. The average Bonchev–Trinajstić information content (AvgIpc) is 3.09. The predicted molar refractivity (Wildman–Crippen MR) is 115 cm³/mol. The minimum Gasteiger partial charge on any atom is -0.383 e. The highest BCUT2D eigenvalue weighted by molar-refractivity contribution is 7.17. The van der Waals surface area contributed by atoms with Crippen LogP contribution in [0.15, 0.2) is 18.2 Å². The quantitative estimate of drug-likeness (QED) is 0.725. The van der Waals surface area contributed by atoms with E-state index in [4.69, 9.17) is 4.74 Å². The molecule has 0 bridgehead atoms. The number of ether oxygens (including phenoxy) is 1. The summed E-state index contributed by atoms with van der Waals surface area (Å²) in [5, 5.41) is 0.623. The van der Waals surface area contributed by atoms with Crippen molar-refractivity contribution in [3.63, 3.8) is 0 Å². The number of anilines is 1. The molecule has 2 aliphatic rings. The average molecular weight is 446 g/mol. The molecule has 0 saturated heterocycles. The highest BCUT2D eigenvalue weighted by Crippen LogP contribution is 2.41. The second-order valence-electron chi connectivity index (χ2n) is 7.82. The fraction of sp³-hybridized carbons (Fsp3) is 0.409. The highest BCUT2D eigenvalue weighted by atomic mass is 32.1. The van der Waals surface area contributed by atoms with Crippen molar-refractivity contribution in [1.29, 1.82) is 0 Å². The zero-order valence-corrected chi connectivity index (χ0v) is 18.6. The Balaban J connectivity index is 1.69. The molecule has 0 radical (unpaired) electrons. The van der Waals surface area contributed by atoms with Crippen LogP contribution in [0.4, 0.5) is 9.39 Å². The largest absolute Gasteiger partial charge is 0.383 e. The van der Waals surface area contributed by atoms with Gasteiger partial charge in [0.2, 0.25) is 5.91 Å². The van der Waals surface area contributed by atoms with Crippen LogP contribution in [0.3, 0.4) is 0 Å². The fourth-order valence-electron chi connectivity index (χ4n) is 4.04. The van der Waals surface area contributed by atoms with Crippen LogP contribution in [0.1, 0.15) is 36.7 Å². The Morgan fingerprint density at radius 3 is 2.77 bits per heavy atom. The molecule has 31 heavy (non-hydrogen) atoms. The molecule has 9 heteroatoms. The molecule has 3 heterocycles. The van der Waals surface area contributed by atoms with Gasteiger partial charge < -0.3 is 14.5 Å². The molecule has 0 atom stereocenters. The van der Waals surface area contributed by atoms with Gasteiger partial charge in [-0.2, -0.15) is 0 Å². The number of thiophene rings is 1. The van der Waals surface area contributed by atoms with E-state index in [9.17, 15) is 18.8 Å². The first-order chi connectivity index (χ1) is 14.8. The summed E-state index contributed by atoms with van der Waals surface area (Å²) >= 11 is 1.38. The molecule has 0 saturated carbocycles. The number of nitrogens with zero attached hydrogens (tertiary/aromatic N) is 3. The minimum atomic E-state index is -0.449. The first-order valence-corrected chi connectivity index (χ1v) is 10.9. The molecule has 0 unspecified atom stereocenters. The van der Waals surface area contributed by atoms with Gasteiger partial charge in [0.05, 0.1) is 25.3 Å². The summed E-state index contributed by atoms with van der Waals surface area (Å²) in [5.74, 6) is -1.02. The van der Waals surface area contributed by atoms with E-state index in [0.717, 1.165) is 10.4 Å². The molecule has 4 rings (SSSR count). The number of carbonyl (C=O) groups is 3. The summed E-state index contributed by atoms with van der Waals surface area (Å²) < 4.78 is 18.9. The van der Waals surface area contributed by atoms with Gasteiger partial charge in [-0.1, -0.05) is 6.07 Å². The Kier molecular flexibility index (Phi) is 5.81. The van der Waals surface area contributed by atoms with Crippen LogP contribution in [0.2, 0.25) is 0 Å². The van der Waals surface area contributed by atoms with Gasteiger partial charge in [0.25, 0.3) is 11.8 Å². The lowest BCUT2D eigenvalue weighted by Gasteiger charge is -2.28. The number of methoxy groups -OCH3 is 1. The second kappa shape index (κ2) is 8.39. The molecule has 3 amide bonds. The van der Waals surface area contributed by atoms with Gasteiger partial charge in [0.15, 0.2) is 0 Å². The maximum absolute atomic E-state index is 13.7. The van der Waals surface area contributed by atoms with Gasteiger partial charge in [0.1, 0.15) is 17.4 Å². The Hall–Kier alpha value is -2.78. The Morgan fingerprint density at radius 2 is 2.03 bits per heavy atom. The van der Waals surface area contributed by atoms with Crippen molar-refractivity contribution < 1.29 is 23.5 Å². The summed E-state index contributed by atoms with van der Waals surface area (Å²) in [6.45, 7) is 3.26. The van der Waals surface area contributed by atoms with E-state index < -0.39 is 5.82 Å². The number of hydrogen-bond acceptors (Lipinski definition) is 5. The van der Waals surface area contributed by atoms with Gasteiger partial charge >= 0.3 is 0 Å². The first kappa shape index (κ1) is 21.5. The molecule has 2 aromatic rings. The van der Waals surface area contributed by atoms with E-state index in [-0.39, 0.29) is 24.3 Å². The normalized spacial score (nSPS) is 16.3. The van der Waals surface area contributed by atoms with Crippen LogP contribution >= 0.6 is 11.3 Å². The molecular formula is C22H24FN3O4S. The van der Waals surface area contributed by atoms with Gasteiger partial charge in [0, 0.05) is 31.1 Å². The number of hydrogen-bond donors (Lipinski definition) is 0. The van der Waals surface area contributed by atoms with Gasteiger partial charge in [-0.15, -0.1) is 11.3 Å². The summed E-state index contributed by atoms with van der Waals surface area (Å²) in [6, 6.07) is 4.20. The summed E-state index contributed by atoms with van der Waals surface area (Å²) in [5.41, 5.74) is 2.51. The van der Waals surface area contributed by atoms with E-state index in [1.807, 2.05) is 0 Å². The van der Waals surface area contributed by atoms with E-state index in [2.05, 4.69) is 0 Å². The summed E-state index contributed by atoms with van der Waals surface area (Å²) in [7, 11) is 3.19. The Morgan fingerprint density at radius 1 is 1.26 bits per heavy atom. The number of rotatable bonds is 4. The van der Waals surface area contributed by atoms with Crippen molar-refractivity contribution in [3.05, 3.63) is 51.1 Å². The van der Waals surface area contributed by atoms with Gasteiger partial charge in [-0.05, 0) is 36.6 Å². The third-order valence-corrected chi connectivity index (χ3v) is 6.99. The number of amides is 3. The van der Waals surface area contributed by atoms with Crippen molar-refractivity contribution in [2.24, 2.45) is 0 Å². The van der Waals surface area contributed by atoms with Crippen molar-refractivity contribution in [2.75, 3.05) is 45.3 Å². The minimum absolute atomic E-state index is 0.0161. The monoisotopic (exact) mass is 445 g/mol. The van der Waals surface area contributed by atoms with Gasteiger partial charge in [-0.3, -0.25) is 19.3 Å². The summed E-state index contributed by atoms with van der Waals surface area (Å²) in [4.78, 5) is 44.5. The van der Waals surface area contributed by atoms with Crippen LogP contribution in [-0.4, -0.2) is 67.9 Å². The molecule has 0 fully saturated rings. The third-order valence-electron chi connectivity index (χ3n) is 5.75. The lowest BCUT2D eigenvalue weighted by Crippen LogP contribution is -2.39. The number of halogens is 1. The molecule has 7 nitrogen and oxygen atoms in total. The molecule has 0 N–H and O–H groups in total. The first-order valence-electron chi connectivity index (χ1n) is 10.1. The van der Waals surface area contributed by atoms with Crippen molar-refractivity contribution >= 4 is 34.1 Å². The maximum Gasteiger partial charge on any atom is 0.257 e. The van der Waals surface area contributed by atoms with E-state index >= 15 is 0 Å². The molecule has 0 spiro atoms. The Bertz CT molecular complexity index is 1070. The Labute approximate surface area is 184 Å². The standard InChI is InChI=1S/C22H24FN3O4S/c1-13-4-5-14(23)10-16(13)20(28)25-7-6-15-17(11-25)31-22-19(15)21(29)24(2)12-18(27)26(22)8-9-30-3/h4-5,10H,6-9,11-12H2,1-3H3. The zero-order valence-electron chi connectivity index (χ0n) is 17.7. The third kappa shape index (κ3) is 3.83. The smallest absolute Gasteiger partial charge is 0.257 e. The number of benzene rings is 1. The van der Waals surface area contributed by atoms with Crippen LogP contribution in [-0.2, 0) is 22.5 Å². The van der Waals surface area contributed by atoms with Crippen LogP contribution in [0.5, 0.6) is 0 Å². The maximum atomic E-state index is 13.7. The molecule has 164 valence electrons. The second-order valence-corrected chi connectivity index (χ2v) is 8.90. The zero-order chi connectivity index (χ0) is 22.3. The van der Waals surface area contributed by atoms with Crippen molar-refractivity contribution in [3.8, 4) is 0 Å². The lowest BCUT2D eigenvalue weighted by atomic mass is 10.0. The number of fused-ring (bicyclic) bond motifs is 3. The summed E-state index contributed by atoms with van der Waals surface area (Å²) in [6.07, 6.45) is 0.507. The van der Waals surface area contributed by atoms with E-state index in [1.165, 1.54) is 28.4 Å². The molecule has 0 aliphatic carbocycles. The number of aryl methyl sites for hydroxylation is 1. The molecule has 1 aromatic carbocycles. The van der Waals surface area contributed by atoms with Crippen molar-refractivity contribution in [1.82, 2.24) is 9.80 Å². The van der Waals surface area contributed by atoms with Crippen LogP contribution in [0, 0.1) is 12.7 Å². The number of carbonyl (C=O) groups excluding carboxylic acids is 3.